The number of hydrogen-bond donors (Lipinski definition) is 1. The number of allylic oxidation sites excluding steroid dienone is 1. The Labute approximate surface area is 247 Å². The zero-order valence-electron chi connectivity index (χ0n) is 25.1. The first-order valence-electron chi connectivity index (χ1n) is 15.1. The summed E-state index contributed by atoms with van der Waals surface area (Å²) in [5.41, 5.74) is 4.56. The number of aliphatic hydroxyl groups is 1. The highest BCUT2D eigenvalue weighted by Gasteiger charge is 2.40. The minimum absolute atomic E-state index is 0.00131. The molecule has 1 aromatic carbocycles. The molecule has 2 saturated heterocycles. The highest BCUT2D eigenvalue weighted by molar-refractivity contribution is 5.94. The van der Waals surface area contributed by atoms with E-state index in [9.17, 15) is 23.5 Å². The number of piperidine rings is 1. The van der Waals surface area contributed by atoms with E-state index in [1.54, 1.807) is 9.58 Å². The van der Waals surface area contributed by atoms with Gasteiger partial charge in [0, 0.05) is 62.6 Å². The van der Waals surface area contributed by atoms with E-state index in [2.05, 4.69) is 48.6 Å². The average Bonchev–Trinajstić information content (AvgIpc) is 3.58. The zero-order valence-corrected chi connectivity index (χ0v) is 25.1. The van der Waals surface area contributed by atoms with Gasteiger partial charge in [0.2, 0.25) is 5.91 Å². The minimum Gasteiger partial charge on any atom is -0.390 e. The van der Waals surface area contributed by atoms with E-state index >= 15 is 0 Å². The smallest absolute Gasteiger partial charge is 0.274 e. The normalized spacial score (nSPS) is 18.8. The predicted octanol–water partition coefficient (Wildman–Crippen LogP) is 4.30. The number of nitrogens with zero attached hydrogens (tertiary/aromatic N) is 5. The number of carbonyl (C=O) groups excluding carboxylic acids is 2. The molecule has 0 bridgehead atoms. The van der Waals surface area contributed by atoms with Gasteiger partial charge in [-0.3, -0.25) is 14.3 Å². The van der Waals surface area contributed by atoms with Gasteiger partial charge in [-0.2, -0.15) is 5.10 Å². The van der Waals surface area contributed by atoms with E-state index in [1.807, 2.05) is 4.90 Å². The average molecular weight is 584 g/mol. The van der Waals surface area contributed by atoms with Crippen molar-refractivity contribution in [2.45, 2.75) is 83.8 Å². The molecule has 2 aromatic rings. The standard InChI is InChI=1S/C32H43F2N5O3/c1-22(2)32(33,34)12-11-31(42)13-15-38(16-14-31)30(41)29-25-8-6-10-27(25)39(35-29)21-28(40)37-19-17-36(18-20-37)26-9-5-7-23(3)24(26)4/h5,7,9,42H,1,6,8,10-21H2,2-4H3. The van der Waals surface area contributed by atoms with Crippen molar-refractivity contribution in [2.75, 3.05) is 44.2 Å². The molecule has 5 rings (SSSR count). The molecule has 42 heavy (non-hydrogen) atoms. The van der Waals surface area contributed by atoms with Crippen LogP contribution >= 0.6 is 0 Å². The van der Waals surface area contributed by atoms with Crippen LogP contribution < -0.4 is 4.90 Å². The van der Waals surface area contributed by atoms with Gasteiger partial charge >= 0.3 is 0 Å². The van der Waals surface area contributed by atoms with E-state index < -0.39 is 17.9 Å². The summed E-state index contributed by atoms with van der Waals surface area (Å²) in [5.74, 6) is -3.22. The zero-order chi connectivity index (χ0) is 30.2. The fourth-order valence-electron chi connectivity index (χ4n) is 6.44. The molecule has 228 valence electrons. The first-order chi connectivity index (χ1) is 19.9. The van der Waals surface area contributed by atoms with Crippen LogP contribution in [0.4, 0.5) is 14.5 Å². The number of carbonyl (C=O) groups is 2. The lowest BCUT2D eigenvalue weighted by Gasteiger charge is -2.38. The molecular formula is C32H43F2N5O3. The van der Waals surface area contributed by atoms with Gasteiger partial charge in [0.1, 0.15) is 6.54 Å². The number of anilines is 1. The summed E-state index contributed by atoms with van der Waals surface area (Å²) in [4.78, 5) is 32.7. The molecule has 0 unspecified atom stereocenters. The summed E-state index contributed by atoms with van der Waals surface area (Å²) in [6, 6.07) is 6.32. The van der Waals surface area contributed by atoms with E-state index in [-0.39, 0.29) is 56.3 Å². The second-order valence-electron chi connectivity index (χ2n) is 12.4. The van der Waals surface area contributed by atoms with Gasteiger partial charge < -0.3 is 19.8 Å². The minimum atomic E-state index is -3.01. The largest absolute Gasteiger partial charge is 0.390 e. The molecule has 0 radical (unpaired) electrons. The molecule has 1 aliphatic carbocycles. The number of aryl methyl sites for hydroxylation is 1. The van der Waals surface area contributed by atoms with Crippen LogP contribution in [0.15, 0.2) is 30.4 Å². The van der Waals surface area contributed by atoms with Crippen LogP contribution in [0, 0.1) is 13.8 Å². The Hall–Kier alpha value is -3.27. The molecule has 0 saturated carbocycles. The van der Waals surface area contributed by atoms with Gasteiger partial charge in [0.15, 0.2) is 5.69 Å². The van der Waals surface area contributed by atoms with E-state index in [4.69, 9.17) is 0 Å². The summed E-state index contributed by atoms with van der Waals surface area (Å²) >= 11 is 0. The maximum Gasteiger partial charge on any atom is 0.274 e. The van der Waals surface area contributed by atoms with Crippen molar-refractivity contribution < 1.29 is 23.5 Å². The first kappa shape index (κ1) is 30.2. The van der Waals surface area contributed by atoms with Gasteiger partial charge in [-0.25, -0.2) is 8.78 Å². The van der Waals surface area contributed by atoms with Gasteiger partial charge in [0.05, 0.1) is 5.60 Å². The fraction of sp³-hybridized carbons (Fsp3) is 0.594. The van der Waals surface area contributed by atoms with Crippen LogP contribution in [0.2, 0.25) is 0 Å². The third kappa shape index (κ3) is 6.09. The Morgan fingerprint density at radius 1 is 1.05 bits per heavy atom. The summed E-state index contributed by atoms with van der Waals surface area (Å²) in [6.07, 6.45) is 2.40. The maximum atomic E-state index is 14.0. The Morgan fingerprint density at radius 2 is 1.74 bits per heavy atom. The number of piperazine rings is 1. The lowest BCUT2D eigenvalue weighted by atomic mass is 9.85. The number of rotatable bonds is 8. The van der Waals surface area contributed by atoms with E-state index in [1.165, 1.54) is 23.7 Å². The maximum absolute atomic E-state index is 14.0. The van der Waals surface area contributed by atoms with Crippen molar-refractivity contribution >= 4 is 17.5 Å². The quantitative estimate of drug-likeness (QED) is 0.469. The number of amides is 2. The molecule has 3 heterocycles. The number of benzene rings is 1. The molecule has 3 aliphatic rings. The van der Waals surface area contributed by atoms with Crippen LogP contribution in [0.3, 0.4) is 0 Å². The number of aromatic nitrogens is 2. The molecular weight excluding hydrogens is 540 g/mol. The van der Waals surface area contributed by atoms with Crippen molar-refractivity contribution in [1.82, 2.24) is 19.6 Å². The van der Waals surface area contributed by atoms with Crippen LogP contribution in [0.1, 0.15) is 71.9 Å². The molecule has 2 amide bonds. The van der Waals surface area contributed by atoms with Crippen molar-refractivity contribution in [1.29, 1.82) is 0 Å². The molecule has 0 atom stereocenters. The second kappa shape index (κ2) is 11.8. The topological polar surface area (TPSA) is 81.9 Å². The SMILES string of the molecule is C=C(C)C(F)(F)CCC1(O)CCN(C(=O)c2nn(CC(=O)N3CCN(c4cccc(C)c4C)CC3)c3c2CCC3)CC1. The highest BCUT2D eigenvalue weighted by Crippen LogP contribution is 2.35. The predicted molar refractivity (Wildman–Crippen MR) is 158 cm³/mol. The van der Waals surface area contributed by atoms with Gasteiger partial charge in [-0.1, -0.05) is 18.7 Å². The monoisotopic (exact) mass is 583 g/mol. The van der Waals surface area contributed by atoms with Crippen LogP contribution in [-0.2, 0) is 24.2 Å². The molecule has 2 aliphatic heterocycles. The van der Waals surface area contributed by atoms with Crippen LogP contribution in [0.25, 0.3) is 0 Å². The Morgan fingerprint density at radius 3 is 2.40 bits per heavy atom. The van der Waals surface area contributed by atoms with Crippen molar-refractivity contribution in [3.05, 3.63) is 58.4 Å². The van der Waals surface area contributed by atoms with Crippen molar-refractivity contribution in [3.8, 4) is 0 Å². The molecule has 10 heteroatoms. The van der Waals surface area contributed by atoms with Crippen LogP contribution in [-0.4, -0.2) is 87.3 Å². The Kier molecular flexibility index (Phi) is 8.47. The molecule has 1 N–H and O–H groups in total. The first-order valence-corrected chi connectivity index (χ1v) is 15.1. The Balaban J connectivity index is 1.19. The number of hydrogen-bond acceptors (Lipinski definition) is 5. The summed E-state index contributed by atoms with van der Waals surface area (Å²) < 4.78 is 29.8. The summed E-state index contributed by atoms with van der Waals surface area (Å²) in [6.45, 7) is 12.4. The third-order valence-electron chi connectivity index (χ3n) is 9.55. The number of halogens is 2. The van der Waals surface area contributed by atoms with E-state index in [0.717, 1.165) is 43.6 Å². The number of likely N-dealkylation sites (tertiary alicyclic amines) is 1. The fourth-order valence-corrected chi connectivity index (χ4v) is 6.44. The Bertz CT molecular complexity index is 1350. The molecule has 8 nitrogen and oxygen atoms in total. The lowest BCUT2D eigenvalue weighted by molar-refractivity contribution is -0.132. The van der Waals surface area contributed by atoms with Crippen molar-refractivity contribution in [2.24, 2.45) is 0 Å². The van der Waals surface area contributed by atoms with Crippen molar-refractivity contribution in [3.63, 3.8) is 0 Å². The van der Waals surface area contributed by atoms with Crippen LogP contribution in [0.5, 0.6) is 0 Å². The second-order valence-corrected chi connectivity index (χ2v) is 12.4. The molecule has 0 spiro atoms. The number of fused-ring (bicyclic) bond motifs is 1. The molecule has 2 fully saturated rings. The molecule has 1 aromatic heterocycles. The summed E-state index contributed by atoms with van der Waals surface area (Å²) in [5, 5.41) is 15.6. The highest BCUT2D eigenvalue weighted by atomic mass is 19.3. The van der Waals surface area contributed by atoms with Gasteiger partial charge in [0.25, 0.3) is 11.8 Å². The van der Waals surface area contributed by atoms with Gasteiger partial charge in [-0.05, 0) is 82.1 Å². The lowest BCUT2D eigenvalue weighted by Crippen LogP contribution is -2.50. The van der Waals surface area contributed by atoms with E-state index in [0.29, 0.717) is 18.8 Å². The third-order valence-corrected chi connectivity index (χ3v) is 9.55. The summed E-state index contributed by atoms with van der Waals surface area (Å²) in [7, 11) is 0. The number of alkyl halides is 2. The van der Waals surface area contributed by atoms with Gasteiger partial charge in [-0.15, -0.1) is 0 Å².